The van der Waals surface area contributed by atoms with Crippen molar-refractivity contribution in [2.45, 2.75) is 31.8 Å². The van der Waals surface area contributed by atoms with Gasteiger partial charge < -0.3 is 15.4 Å². The number of carbonyl (C=O) groups is 1. The number of ether oxygens (including phenoxy) is 1. The monoisotopic (exact) mass is 304 g/mol. The quantitative estimate of drug-likeness (QED) is 0.910. The molecule has 0 aromatic heterocycles. The number of methoxy groups -OCH3 is 1. The fraction of sp³-hybridized carbons (Fsp3) is 0.611. The van der Waals surface area contributed by atoms with Crippen LogP contribution in [0.2, 0.25) is 0 Å². The zero-order chi connectivity index (χ0) is 16.3. The maximum atomic E-state index is 11.5. The summed E-state index contributed by atoms with van der Waals surface area (Å²) in [4.78, 5) is 13.8. The average molecular weight is 304 g/mol. The molecule has 1 aliphatic rings. The summed E-state index contributed by atoms with van der Waals surface area (Å²) in [5.74, 6) is 0.416. The number of hydrogen-bond donors (Lipinski definition) is 1. The summed E-state index contributed by atoms with van der Waals surface area (Å²) in [5.41, 5.74) is 6.73. The van der Waals surface area contributed by atoms with Gasteiger partial charge in [0.1, 0.15) is 0 Å². The lowest BCUT2D eigenvalue weighted by Crippen LogP contribution is -2.49. The van der Waals surface area contributed by atoms with Gasteiger partial charge in [-0.05, 0) is 50.6 Å². The molecule has 4 heteroatoms. The first-order valence-electron chi connectivity index (χ1n) is 8.02. The Balaban J connectivity index is 2.50. The average Bonchev–Trinajstić information content (AvgIpc) is 2.47. The fourth-order valence-electron chi connectivity index (χ4n) is 4.09. The highest BCUT2D eigenvalue weighted by Gasteiger charge is 2.47. The molecule has 1 fully saturated rings. The van der Waals surface area contributed by atoms with Crippen molar-refractivity contribution in [1.29, 1.82) is 0 Å². The van der Waals surface area contributed by atoms with E-state index in [0.29, 0.717) is 17.4 Å². The van der Waals surface area contributed by atoms with E-state index in [1.165, 1.54) is 6.42 Å². The number of rotatable bonds is 5. The molecular formula is C18H28N2O2. The van der Waals surface area contributed by atoms with Crippen molar-refractivity contribution in [2.24, 2.45) is 17.6 Å². The topological polar surface area (TPSA) is 55.6 Å². The molecule has 0 heterocycles. The van der Waals surface area contributed by atoms with Crippen molar-refractivity contribution in [2.75, 3.05) is 27.7 Å². The van der Waals surface area contributed by atoms with Crippen LogP contribution in [0.4, 0.5) is 0 Å². The predicted molar refractivity (Wildman–Crippen MR) is 88.7 cm³/mol. The van der Waals surface area contributed by atoms with Gasteiger partial charge in [0.25, 0.3) is 0 Å². The molecule has 0 radical (unpaired) electrons. The van der Waals surface area contributed by atoms with Crippen LogP contribution in [-0.2, 0) is 10.3 Å². The van der Waals surface area contributed by atoms with Crippen molar-refractivity contribution < 1.29 is 9.53 Å². The van der Waals surface area contributed by atoms with E-state index < -0.39 is 0 Å². The number of amides is 1. The summed E-state index contributed by atoms with van der Waals surface area (Å²) in [6.07, 6.45) is 3.50. The number of nitrogens with zero attached hydrogens (tertiary/aromatic N) is 1. The third kappa shape index (κ3) is 3.03. The summed E-state index contributed by atoms with van der Waals surface area (Å²) in [5, 5.41) is 0. The normalized spacial score (nSPS) is 28.8. The van der Waals surface area contributed by atoms with Crippen molar-refractivity contribution in [1.82, 2.24) is 4.90 Å². The number of carbonyl (C=O) groups excluding carboxylic acids is 1. The largest absolute Gasteiger partial charge is 0.373 e. The maximum Gasteiger partial charge on any atom is 0.248 e. The van der Waals surface area contributed by atoms with Crippen molar-refractivity contribution in [3.05, 3.63) is 35.4 Å². The minimum absolute atomic E-state index is 0.353. The number of nitrogens with two attached hydrogens (primary N) is 1. The minimum Gasteiger partial charge on any atom is -0.373 e. The van der Waals surface area contributed by atoms with Crippen LogP contribution in [-0.4, -0.2) is 38.6 Å². The van der Waals surface area contributed by atoms with E-state index in [1.54, 1.807) is 13.2 Å². The second-order valence-corrected chi connectivity index (χ2v) is 6.73. The smallest absolute Gasteiger partial charge is 0.248 e. The standard InChI is InChI=1S/C18H28N2O2/c1-13-7-5-10-16(12-20(2)3)18(13,22-4)15-9-6-8-14(11-15)17(19)21/h6,8-9,11,13,16H,5,7,10,12H2,1-4H3,(H2,19,21). The molecule has 1 saturated carbocycles. The molecule has 0 aliphatic heterocycles. The fourth-order valence-corrected chi connectivity index (χ4v) is 4.09. The Bertz CT molecular complexity index is 530. The van der Waals surface area contributed by atoms with Crippen LogP contribution in [0.3, 0.4) is 0 Å². The van der Waals surface area contributed by atoms with Crippen LogP contribution in [0.25, 0.3) is 0 Å². The van der Waals surface area contributed by atoms with Gasteiger partial charge in [-0.1, -0.05) is 25.5 Å². The molecule has 3 atom stereocenters. The molecule has 22 heavy (non-hydrogen) atoms. The van der Waals surface area contributed by atoms with Crippen LogP contribution in [0.1, 0.15) is 42.1 Å². The van der Waals surface area contributed by atoms with E-state index in [1.807, 2.05) is 12.1 Å². The van der Waals surface area contributed by atoms with Crippen LogP contribution in [0, 0.1) is 11.8 Å². The Hall–Kier alpha value is -1.39. The first kappa shape index (κ1) is 17.0. The second-order valence-electron chi connectivity index (χ2n) is 6.73. The predicted octanol–water partition coefficient (Wildman–Crippen LogP) is 2.63. The van der Waals surface area contributed by atoms with Gasteiger partial charge in [0, 0.05) is 25.1 Å². The molecule has 122 valence electrons. The molecule has 2 rings (SSSR count). The molecule has 2 N–H and O–H groups in total. The first-order chi connectivity index (χ1) is 10.4. The highest BCUT2D eigenvalue weighted by atomic mass is 16.5. The molecule has 1 aromatic carbocycles. The van der Waals surface area contributed by atoms with Crippen molar-refractivity contribution >= 4 is 5.91 Å². The van der Waals surface area contributed by atoms with E-state index in [2.05, 4.69) is 32.0 Å². The zero-order valence-electron chi connectivity index (χ0n) is 14.1. The third-order valence-electron chi connectivity index (χ3n) is 5.05. The molecule has 3 unspecified atom stereocenters. The lowest BCUT2D eigenvalue weighted by molar-refractivity contribution is -0.130. The Morgan fingerprint density at radius 1 is 1.41 bits per heavy atom. The summed E-state index contributed by atoms with van der Waals surface area (Å²) >= 11 is 0. The number of hydrogen-bond acceptors (Lipinski definition) is 3. The molecule has 0 spiro atoms. The number of primary amides is 1. The molecule has 0 saturated heterocycles. The van der Waals surface area contributed by atoms with E-state index in [0.717, 1.165) is 24.9 Å². The van der Waals surface area contributed by atoms with Gasteiger partial charge in [-0.15, -0.1) is 0 Å². The van der Waals surface area contributed by atoms with Crippen LogP contribution in [0.15, 0.2) is 24.3 Å². The highest BCUT2D eigenvalue weighted by molar-refractivity contribution is 5.92. The van der Waals surface area contributed by atoms with Gasteiger partial charge in [-0.25, -0.2) is 0 Å². The third-order valence-corrected chi connectivity index (χ3v) is 5.05. The molecular weight excluding hydrogens is 276 g/mol. The molecule has 1 amide bonds. The zero-order valence-corrected chi connectivity index (χ0v) is 14.1. The first-order valence-corrected chi connectivity index (χ1v) is 8.02. The van der Waals surface area contributed by atoms with Gasteiger partial charge in [-0.3, -0.25) is 4.79 Å². The van der Waals surface area contributed by atoms with Gasteiger partial charge in [0.15, 0.2) is 0 Å². The van der Waals surface area contributed by atoms with E-state index in [9.17, 15) is 4.79 Å². The Kier molecular flexibility index (Phi) is 5.24. The highest BCUT2D eigenvalue weighted by Crippen LogP contribution is 2.48. The Morgan fingerprint density at radius 3 is 2.73 bits per heavy atom. The lowest BCUT2D eigenvalue weighted by atomic mass is 9.65. The van der Waals surface area contributed by atoms with Crippen molar-refractivity contribution in [3.63, 3.8) is 0 Å². The molecule has 1 aromatic rings. The summed E-state index contributed by atoms with van der Waals surface area (Å²) < 4.78 is 6.15. The molecule has 0 bridgehead atoms. The van der Waals surface area contributed by atoms with E-state index in [4.69, 9.17) is 10.5 Å². The number of benzene rings is 1. The maximum absolute atomic E-state index is 11.5. The van der Waals surface area contributed by atoms with Gasteiger partial charge in [0.05, 0.1) is 5.60 Å². The van der Waals surface area contributed by atoms with Crippen molar-refractivity contribution in [3.8, 4) is 0 Å². The van der Waals surface area contributed by atoms with Crippen LogP contribution < -0.4 is 5.73 Å². The van der Waals surface area contributed by atoms with Crippen LogP contribution in [0.5, 0.6) is 0 Å². The van der Waals surface area contributed by atoms with Gasteiger partial charge >= 0.3 is 0 Å². The SMILES string of the molecule is COC1(c2cccc(C(N)=O)c2)C(C)CCCC1CN(C)C. The summed E-state index contributed by atoms with van der Waals surface area (Å²) in [6.45, 7) is 3.22. The molecule has 4 nitrogen and oxygen atoms in total. The Morgan fingerprint density at radius 2 is 2.14 bits per heavy atom. The summed E-state index contributed by atoms with van der Waals surface area (Å²) in [7, 11) is 5.99. The van der Waals surface area contributed by atoms with Gasteiger partial charge in [-0.2, -0.15) is 0 Å². The second kappa shape index (κ2) is 6.80. The van der Waals surface area contributed by atoms with E-state index >= 15 is 0 Å². The Labute approximate surface area is 133 Å². The summed E-state index contributed by atoms with van der Waals surface area (Å²) in [6, 6.07) is 7.66. The van der Waals surface area contributed by atoms with E-state index in [-0.39, 0.29) is 11.5 Å². The molecule has 1 aliphatic carbocycles. The minimum atomic E-state index is -0.388. The van der Waals surface area contributed by atoms with Gasteiger partial charge in [0.2, 0.25) is 5.91 Å². The lowest BCUT2D eigenvalue weighted by Gasteiger charge is -2.49. The van der Waals surface area contributed by atoms with Crippen LogP contribution >= 0.6 is 0 Å².